The topological polar surface area (TPSA) is 55.8 Å². The number of benzene rings is 1. The Balaban J connectivity index is 1.62. The van der Waals surface area contributed by atoms with Crippen molar-refractivity contribution in [2.24, 2.45) is 5.41 Å². The molecule has 2 fully saturated rings. The van der Waals surface area contributed by atoms with Gasteiger partial charge in [-0.1, -0.05) is 44.2 Å². The molecule has 5 nitrogen and oxygen atoms in total. The van der Waals surface area contributed by atoms with Crippen molar-refractivity contribution >= 4 is 11.9 Å². The number of piperidine rings is 1. The summed E-state index contributed by atoms with van der Waals surface area (Å²) < 4.78 is 11.0. The number of ether oxygens (including phenoxy) is 2. The van der Waals surface area contributed by atoms with Crippen LogP contribution in [0.15, 0.2) is 54.1 Å². The van der Waals surface area contributed by atoms with Gasteiger partial charge in [-0.25, -0.2) is 4.79 Å². The summed E-state index contributed by atoms with van der Waals surface area (Å²) in [5.41, 5.74) is 1.07. The van der Waals surface area contributed by atoms with Crippen molar-refractivity contribution < 1.29 is 19.1 Å². The lowest BCUT2D eigenvalue weighted by Gasteiger charge is -2.26. The first-order chi connectivity index (χ1) is 14.5. The number of hydrogen-bond acceptors (Lipinski definition) is 4. The third-order valence-corrected chi connectivity index (χ3v) is 6.21. The molecular weight excluding hydrogens is 378 g/mol. The van der Waals surface area contributed by atoms with Gasteiger partial charge in [0.05, 0.1) is 13.0 Å². The largest absolute Gasteiger partial charge is 0.490 e. The van der Waals surface area contributed by atoms with Gasteiger partial charge in [-0.3, -0.25) is 4.79 Å². The summed E-state index contributed by atoms with van der Waals surface area (Å²) in [6, 6.07) is 9.39. The van der Waals surface area contributed by atoms with E-state index < -0.39 is 6.04 Å². The number of esters is 1. The Hall–Kier alpha value is -2.56. The molecule has 162 valence electrons. The Morgan fingerprint density at radius 2 is 1.93 bits per heavy atom. The minimum atomic E-state index is -0.440. The van der Waals surface area contributed by atoms with Crippen molar-refractivity contribution in [3.63, 3.8) is 0 Å². The molecule has 1 amide bonds. The van der Waals surface area contributed by atoms with E-state index in [1.54, 1.807) is 6.92 Å². The van der Waals surface area contributed by atoms with Crippen molar-refractivity contribution in [3.8, 4) is 5.75 Å². The van der Waals surface area contributed by atoms with Crippen LogP contribution in [0.25, 0.3) is 0 Å². The molecule has 0 N–H and O–H groups in total. The monoisotopic (exact) mass is 411 g/mol. The zero-order valence-corrected chi connectivity index (χ0v) is 18.3. The molecular formula is C25H33NO4. The number of amides is 1. The second-order valence-electron chi connectivity index (χ2n) is 8.10. The van der Waals surface area contributed by atoms with E-state index in [9.17, 15) is 9.59 Å². The number of hydrogen-bond donors (Lipinski definition) is 0. The molecule has 3 atom stereocenters. The minimum Gasteiger partial charge on any atom is -0.490 e. The number of nitrogens with zero attached hydrogens (tertiary/aromatic N) is 1. The van der Waals surface area contributed by atoms with Gasteiger partial charge in [-0.2, -0.15) is 0 Å². The molecule has 1 aliphatic carbocycles. The molecule has 0 aromatic heterocycles. The molecule has 2 aliphatic rings. The van der Waals surface area contributed by atoms with E-state index in [0.29, 0.717) is 19.6 Å². The van der Waals surface area contributed by atoms with Crippen molar-refractivity contribution in [1.82, 2.24) is 4.90 Å². The number of para-hydroxylation sites is 1. The third kappa shape index (κ3) is 4.94. The van der Waals surface area contributed by atoms with Crippen LogP contribution in [0, 0.1) is 5.41 Å². The van der Waals surface area contributed by atoms with Crippen LogP contribution in [0.1, 0.15) is 52.9 Å². The highest BCUT2D eigenvalue weighted by molar-refractivity contribution is 5.88. The fourth-order valence-corrected chi connectivity index (χ4v) is 4.53. The summed E-state index contributed by atoms with van der Waals surface area (Å²) in [7, 11) is 0. The average molecular weight is 412 g/mol. The van der Waals surface area contributed by atoms with Gasteiger partial charge in [-0.05, 0) is 61.8 Å². The fourth-order valence-electron chi connectivity index (χ4n) is 4.53. The first-order valence-electron chi connectivity index (χ1n) is 11.1. The first kappa shape index (κ1) is 22.1. The minimum absolute atomic E-state index is 0.0132. The summed E-state index contributed by atoms with van der Waals surface area (Å²) >= 11 is 0. The Morgan fingerprint density at radius 3 is 2.60 bits per heavy atom. The molecule has 2 unspecified atom stereocenters. The Bertz CT molecular complexity index is 801. The highest BCUT2D eigenvalue weighted by Crippen LogP contribution is 2.61. The maximum atomic E-state index is 13.2. The van der Waals surface area contributed by atoms with Gasteiger partial charge >= 0.3 is 5.97 Å². The van der Waals surface area contributed by atoms with E-state index >= 15 is 0 Å². The summed E-state index contributed by atoms with van der Waals surface area (Å²) in [5.74, 6) is 0.566. The molecule has 3 rings (SSSR count). The maximum Gasteiger partial charge on any atom is 0.328 e. The van der Waals surface area contributed by atoms with Crippen LogP contribution in [0.3, 0.4) is 0 Å². The van der Waals surface area contributed by atoms with Gasteiger partial charge < -0.3 is 14.4 Å². The van der Waals surface area contributed by atoms with Crippen LogP contribution in [0.2, 0.25) is 0 Å². The molecule has 30 heavy (non-hydrogen) atoms. The Labute approximate surface area is 179 Å². The number of carbonyl (C=O) groups is 2. The smallest absolute Gasteiger partial charge is 0.328 e. The predicted octanol–water partition coefficient (Wildman–Crippen LogP) is 4.68. The van der Waals surface area contributed by atoms with E-state index in [4.69, 9.17) is 9.47 Å². The van der Waals surface area contributed by atoms with E-state index in [1.165, 1.54) is 0 Å². The standard InChI is InChI=1S/C25H33NO4/c1-4-11-19(12-10-15-30-20-13-8-7-9-14-20)16-23(27)26-21(24(28)29-6-3)17-25(5-2)18-22(25)26/h7-14,21-22H,4-6,15-18H2,1-3H3/b12-10-,19-11+/t21?,22?,25-/m1/s1. The lowest BCUT2D eigenvalue weighted by atomic mass is 9.97. The molecule has 0 spiro atoms. The van der Waals surface area contributed by atoms with Gasteiger partial charge in [0.25, 0.3) is 0 Å². The van der Waals surface area contributed by atoms with Gasteiger partial charge in [0.1, 0.15) is 18.4 Å². The third-order valence-electron chi connectivity index (χ3n) is 6.21. The normalized spacial score (nSPS) is 25.3. The van der Waals surface area contributed by atoms with Crippen LogP contribution in [-0.2, 0) is 14.3 Å². The van der Waals surface area contributed by atoms with Crippen molar-refractivity contribution in [2.45, 2.75) is 65.0 Å². The fraction of sp³-hybridized carbons (Fsp3) is 0.520. The van der Waals surface area contributed by atoms with Crippen LogP contribution in [-0.4, -0.2) is 42.1 Å². The molecule has 0 radical (unpaired) electrons. The highest BCUT2D eigenvalue weighted by atomic mass is 16.5. The summed E-state index contributed by atoms with van der Waals surface area (Å²) in [5, 5.41) is 0. The van der Waals surface area contributed by atoms with Gasteiger partial charge in [0.2, 0.25) is 5.91 Å². The summed E-state index contributed by atoms with van der Waals surface area (Å²) in [6.45, 7) is 6.79. The van der Waals surface area contributed by atoms with E-state index in [0.717, 1.165) is 37.0 Å². The highest BCUT2D eigenvalue weighted by Gasteiger charge is 2.66. The van der Waals surface area contributed by atoms with Crippen LogP contribution in [0.5, 0.6) is 5.75 Å². The lowest BCUT2D eigenvalue weighted by molar-refractivity contribution is -0.153. The molecule has 1 saturated heterocycles. The molecule has 1 aromatic rings. The molecule has 5 heteroatoms. The molecule has 1 aromatic carbocycles. The Morgan fingerprint density at radius 1 is 1.17 bits per heavy atom. The van der Waals surface area contributed by atoms with Gasteiger partial charge in [0, 0.05) is 6.04 Å². The quantitative estimate of drug-likeness (QED) is 0.414. The molecule has 1 heterocycles. The van der Waals surface area contributed by atoms with Crippen molar-refractivity contribution in [3.05, 3.63) is 54.1 Å². The number of likely N-dealkylation sites (tertiary alicyclic amines) is 1. The molecule has 0 bridgehead atoms. The number of fused-ring (bicyclic) bond motifs is 1. The number of allylic oxidation sites excluding steroid dienone is 2. The zero-order chi connectivity index (χ0) is 21.6. The SMILES string of the molecule is CC/C=C(\C=C/COc1ccccc1)CC(=O)N1C(C(=O)OCC)C[C@]2(CC)CC12. The van der Waals surface area contributed by atoms with E-state index in [1.807, 2.05) is 47.4 Å². The van der Waals surface area contributed by atoms with Crippen molar-refractivity contribution in [1.29, 1.82) is 0 Å². The van der Waals surface area contributed by atoms with E-state index in [-0.39, 0.29) is 23.3 Å². The van der Waals surface area contributed by atoms with Gasteiger partial charge in [-0.15, -0.1) is 0 Å². The Kier molecular flexibility index (Phi) is 7.35. The number of carbonyl (C=O) groups excluding carboxylic acids is 2. The van der Waals surface area contributed by atoms with E-state index in [2.05, 4.69) is 19.9 Å². The predicted molar refractivity (Wildman–Crippen MR) is 117 cm³/mol. The maximum absolute atomic E-state index is 13.2. The molecule has 1 saturated carbocycles. The van der Waals surface area contributed by atoms with Crippen LogP contribution < -0.4 is 4.74 Å². The average Bonchev–Trinajstić information content (AvgIpc) is 3.36. The van der Waals surface area contributed by atoms with Crippen LogP contribution in [0.4, 0.5) is 0 Å². The van der Waals surface area contributed by atoms with Crippen molar-refractivity contribution in [2.75, 3.05) is 13.2 Å². The lowest BCUT2D eigenvalue weighted by Crippen LogP contribution is -2.44. The first-order valence-corrected chi connectivity index (χ1v) is 11.1. The summed E-state index contributed by atoms with van der Waals surface area (Å²) in [4.78, 5) is 27.5. The number of rotatable bonds is 10. The van der Waals surface area contributed by atoms with Crippen LogP contribution >= 0.6 is 0 Å². The zero-order valence-electron chi connectivity index (χ0n) is 18.3. The molecule has 1 aliphatic heterocycles. The van der Waals surface area contributed by atoms with Gasteiger partial charge in [0.15, 0.2) is 0 Å². The second kappa shape index (κ2) is 9.96. The summed E-state index contributed by atoms with van der Waals surface area (Å²) in [6.07, 6.45) is 9.81. The second-order valence-corrected chi connectivity index (χ2v) is 8.10.